The van der Waals surface area contributed by atoms with Crippen molar-refractivity contribution < 1.29 is 48.0 Å². The van der Waals surface area contributed by atoms with E-state index < -0.39 is 59.5 Å². The molecule has 0 aliphatic heterocycles. The van der Waals surface area contributed by atoms with Crippen LogP contribution in [0.2, 0.25) is 0 Å². The summed E-state index contributed by atoms with van der Waals surface area (Å²) in [7, 11) is 1.22. The van der Waals surface area contributed by atoms with Crippen LogP contribution in [0.5, 0.6) is 0 Å². The Morgan fingerprint density at radius 2 is 1.63 bits per heavy atom. The standard InChI is InChI=1S/C27H37ClO10/c1-6-7-8-9-10-11-15-27(34)16-20(28)24(33)23(27)26(38-19(4)31)25(37-18(3)30)21(36-17(2)29)13-12-14-22(32)35-5/h7-8,10-11,16,21,23,25-26,34H,6,9,12-15H2,1-5H3/b8-7-,11-10-/t21-,23-,25+,26+,27-/m0/s1. The SMILES string of the molecule is CC/C=C\C/C=C\C[C@]1(O)C=C(Cl)C(=O)[C@H]1[C@@H](OC(C)=O)[C@H](OC(C)=O)[C@H](CCCC(=O)OC)OC(C)=O. The topological polar surface area (TPSA) is 142 Å². The molecule has 0 spiro atoms. The van der Waals surface area contributed by atoms with E-state index in [0.29, 0.717) is 6.42 Å². The summed E-state index contributed by atoms with van der Waals surface area (Å²) in [5, 5.41) is 11.3. The maximum Gasteiger partial charge on any atom is 0.305 e. The van der Waals surface area contributed by atoms with E-state index in [2.05, 4.69) is 4.74 Å². The van der Waals surface area contributed by atoms with Gasteiger partial charge in [0.15, 0.2) is 18.0 Å². The first-order valence-corrected chi connectivity index (χ1v) is 12.8. The molecule has 1 N–H and O–H groups in total. The lowest BCUT2D eigenvalue weighted by molar-refractivity contribution is -0.194. The van der Waals surface area contributed by atoms with Gasteiger partial charge >= 0.3 is 23.9 Å². The quantitative estimate of drug-likeness (QED) is 0.181. The van der Waals surface area contributed by atoms with Crippen LogP contribution in [0.4, 0.5) is 0 Å². The van der Waals surface area contributed by atoms with Gasteiger partial charge in [0.05, 0.1) is 18.1 Å². The van der Waals surface area contributed by atoms with Gasteiger partial charge < -0.3 is 24.1 Å². The average molecular weight is 557 g/mol. The Balaban J connectivity index is 3.48. The summed E-state index contributed by atoms with van der Waals surface area (Å²) >= 11 is 6.14. The third-order valence-electron chi connectivity index (χ3n) is 5.76. The maximum absolute atomic E-state index is 13.2. The molecule has 0 unspecified atom stereocenters. The Morgan fingerprint density at radius 3 is 2.18 bits per heavy atom. The summed E-state index contributed by atoms with van der Waals surface area (Å²) in [5.41, 5.74) is -1.90. The summed E-state index contributed by atoms with van der Waals surface area (Å²) in [4.78, 5) is 61.0. The summed E-state index contributed by atoms with van der Waals surface area (Å²) in [5.74, 6) is -5.09. The van der Waals surface area contributed by atoms with Gasteiger partial charge in [-0.05, 0) is 38.2 Å². The van der Waals surface area contributed by atoms with Crippen LogP contribution in [-0.4, -0.2) is 65.8 Å². The molecule has 1 aliphatic carbocycles. The Kier molecular flexibility index (Phi) is 14.0. The van der Waals surface area contributed by atoms with Crippen LogP contribution in [0.3, 0.4) is 0 Å². The van der Waals surface area contributed by atoms with E-state index in [1.807, 2.05) is 19.1 Å². The number of Topliss-reactive ketones (excluding diaryl/α,β-unsaturated/α-hetero) is 1. The molecular weight excluding hydrogens is 520 g/mol. The minimum absolute atomic E-state index is 0.00540. The Hall–Kier alpha value is -2.98. The molecule has 0 aromatic heterocycles. The average Bonchev–Trinajstić information content (AvgIpc) is 3.05. The zero-order valence-corrected chi connectivity index (χ0v) is 23.2. The van der Waals surface area contributed by atoms with Crippen LogP contribution in [0.15, 0.2) is 35.4 Å². The van der Waals surface area contributed by atoms with Crippen molar-refractivity contribution in [3.05, 3.63) is 35.4 Å². The van der Waals surface area contributed by atoms with Crippen LogP contribution < -0.4 is 0 Å². The van der Waals surface area contributed by atoms with Crippen molar-refractivity contribution >= 4 is 41.3 Å². The van der Waals surface area contributed by atoms with Gasteiger partial charge in [-0.2, -0.15) is 0 Å². The zero-order valence-electron chi connectivity index (χ0n) is 22.4. The molecule has 0 bridgehead atoms. The lowest BCUT2D eigenvalue weighted by Gasteiger charge is -2.39. The Bertz CT molecular complexity index is 954. The summed E-state index contributed by atoms with van der Waals surface area (Å²) in [6.07, 6.45) is 5.79. The van der Waals surface area contributed by atoms with E-state index in [-0.39, 0.29) is 30.7 Å². The van der Waals surface area contributed by atoms with E-state index in [1.165, 1.54) is 13.2 Å². The summed E-state index contributed by atoms with van der Waals surface area (Å²) in [6.45, 7) is 5.31. The van der Waals surface area contributed by atoms with E-state index in [9.17, 15) is 29.1 Å². The molecule has 0 saturated carbocycles. The number of methoxy groups -OCH3 is 1. The molecule has 0 radical (unpaired) electrons. The smallest absolute Gasteiger partial charge is 0.305 e. The van der Waals surface area contributed by atoms with Crippen LogP contribution in [0.25, 0.3) is 0 Å². The molecule has 1 rings (SSSR count). The zero-order chi connectivity index (χ0) is 28.9. The number of hydrogen-bond donors (Lipinski definition) is 1. The fourth-order valence-corrected chi connectivity index (χ4v) is 4.51. The number of esters is 4. The van der Waals surface area contributed by atoms with Gasteiger partial charge in [-0.3, -0.25) is 24.0 Å². The first-order chi connectivity index (χ1) is 17.9. The highest BCUT2D eigenvalue weighted by Crippen LogP contribution is 2.41. The van der Waals surface area contributed by atoms with Gasteiger partial charge in [-0.25, -0.2) is 0 Å². The summed E-state index contributed by atoms with van der Waals surface area (Å²) in [6, 6.07) is 0. The Labute approximate surface area is 228 Å². The number of ketones is 1. The number of aliphatic hydroxyl groups is 1. The molecular formula is C27H37ClO10. The second-order valence-electron chi connectivity index (χ2n) is 8.88. The molecule has 0 saturated heterocycles. The first-order valence-electron chi connectivity index (χ1n) is 12.4. The monoisotopic (exact) mass is 556 g/mol. The Morgan fingerprint density at radius 1 is 1.03 bits per heavy atom. The molecule has 0 heterocycles. The fraction of sp³-hybridized carbons (Fsp3) is 0.593. The van der Waals surface area contributed by atoms with E-state index >= 15 is 0 Å². The lowest BCUT2D eigenvalue weighted by atomic mass is 9.79. The molecule has 0 amide bonds. The molecule has 38 heavy (non-hydrogen) atoms. The third-order valence-corrected chi connectivity index (χ3v) is 6.05. The van der Waals surface area contributed by atoms with Gasteiger partial charge in [0.2, 0.25) is 0 Å². The van der Waals surface area contributed by atoms with Crippen molar-refractivity contribution in [1.82, 2.24) is 0 Å². The number of halogens is 1. The van der Waals surface area contributed by atoms with Crippen molar-refractivity contribution in [2.75, 3.05) is 7.11 Å². The normalized spacial score (nSPS) is 21.6. The maximum atomic E-state index is 13.2. The molecule has 10 nitrogen and oxygen atoms in total. The van der Waals surface area contributed by atoms with Gasteiger partial charge in [0.1, 0.15) is 11.7 Å². The van der Waals surface area contributed by atoms with Gasteiger partial charge in [0, 0.05) is 27.2 Å². The third kappa shape index (κ3) is 10.4. The minimum Gasteiger partial charge on any atom is -0.469 e. The van der Waals surface area contributed by atoms with Crippen LogP contribution >= 0.6 is 11.6 Å². The van der Waals surface area contributed by atoms with Gasteiger partial charge in [-0.1, -0.05) is 42.8 Å². The van der Waals surface area contributed by atoms with Crippen LogP contribution in [0.1, 0.15) is 66.2 Å². The molecule has 1 aliphatic rings. The van der Waals surface area contributed by atoms with Crippen LogP contribution in [-0.2, 0) is 42.9 Å². The highest BCUT2D eigenvalue weighted by molar-refractivity contribution is 6.44. The number of rotatable bonds is 15. The van der Waals surface area contributed by atoms with Crippen molar-refractivity contribution in [3.63, 3.8) is 0 Å². The highest BCUT2D eigenvalue weighted by atomic mass is 35.5. The molecule has 5 atom stereocenters. The molecule has 0 aromatic carbocycles. The van der Waals surface area contributed by atoms with Crippen LogP contribution in [0, 0.1) is 5.92 Å². The van der Waals surface area contributed by atoms with Gasteiger partial charge in [0.25, 0.3) is 0 Å². The molecule has 212 valence electrons. The minimum atomic E-state index is -1.90. The number of allylic oxidation sites excluding steroid dienone is 4. The van der Waals surface area contributed by atoms with Crippen molar-refractivity contribution in [2.24, 2.45) is 5.92 Å². The molecule has 0 fully saturated rings. The van der Waals surface area contributed by atoms with Gasteiger partial charge in [-0.15, -0.1) is 0 Å². The van der Waals surface area contributed by atoms with E-state index in [4.69, 9.17) is 25.8 Å². The van der Waals surface area contributed by atoms with Crippen molar-refractivity contribution in [3.8, 4) is 0 Å². The van der Waals surface area contributed by atoms with E-state index in [0.717, 1.165) is 27.2 Å². The van der Waals surface area contributed by atoms with Crippen molar-refractivity contribution in [1.29, 1.82) is 0 Å². The predicted molar refractivity (Wildman–Crippen MR) is 138 cm³/mol. The largest absolute Gasteiger partial charge is 0.469 e. The fourth-order valence-electron chi connectivity index (χ4n) is 4.20. The molecule has 0 aromatic rings. The number of carbonyl (C=O) groups is 5. The second kappa shape index (κ2) is 16.1. The van der Waals surface area contributed by atoms with E-state index in [1.54, 1.807) is 12.2 Å². The molecule has 11 heteroatoms. The first kappa shape index (κ1) is 33.0. The number of hydrogen-bond acceptors (Lipinski definition) is 10. The number of carbonyl (C=O) groups excluding carboxylic acids is 5. The lowest BCUT2D eigenvalue weighted by Crippen LogP contribution is -2.55. The predicted octanol–water partition coefficient (Wildman–Crippen LogP) is 3.48. The van der Waals surface area contributed by atoms with Crippen molar-refractivity contribution in [2.45, 2.75) is 90.1 Å². The summed E-state index contributed by atoms with van der Waals surface area (Å²) < 4.78 is 21.0. The second-order valence-corrected chi connectivity index (χ2v) is 9.29. The number of ether oxygens (including phenoxy) is 4. The highest BCUT2D eigenvalue weighted by Gasteiger charge is 2.56.